The number of fused-ring (bicyclic) bond motifs is 1. The van der Waals surface area contributed by atoms with Crippen molar-refractivity contribution in [2.45, 2.75) is 19.8 Å². The molecule has 21 heavy (non-hydrogen) atoms. The summed E-state index contributed by atoms with van der Waals surface area (Å²) in [6.45, 7) is 2.39. The second kappa shape index (κ2) is 6.83. The molecule has 2 aromatic rings. The molecule has 1 atom stereocenters. The lowest BCUT2D eigenvalue weighted by molar-refractivity contribution is -0.137. The van der Waals surface area contributed by atoms with Gasteiger partial charge >= 0.3 is 5.97 Å². The highest BCUT2D eigenvalue weighted by molar-refractivity contribution is 6.05. The first-order chi connectivity index (χ1) is 10.1. The summed E-state index contributed by atoms with van der Waals surface area (Å²) in [6.07, 6.45) is 2.28. The van der Waals surface area contributed by atoms with Gasteiger partial charge in [0.1, 0.15) is 0 Å². The fourth-order valence-electron chi connectivity index (χ4n) is 2.13. The molecule has 0 radical (unpaired) electrons. The van der Waals surface area contributed by atoms with Gasteiger partial charge in [-0.1, -0.05) is 25.1 Å². The maximum Gasteiger partial charge on any atom is 0.303 e. The molecule has 0 aliphatic heterocycles. The molecule has 2 N–H and O–H groups in total. The van der Waals surface area contributed by atoms with Crippen LogP contribution >= 0.6 is 0 Å². The summed E-state index contributed by atoms with van der Waals surface area (Å²) in [5.41, 5.74) is 1.37. The number of aromatic nitrogens is 1. The van der Waals surface area contributed by atoms with Crippen LogP contribution in [0.15, 0.2) is 36.5 Å². The first kappa shape index (κ1) is 15.0. The Balaban J connectivity index is 2.01. The number of carboxylic acids is 1. The molecule has 0 saturated heterocycles. The largest absolute Gasteiger partial charge is 0.481 e. The van der Waals surface area contributed by atoms with E-state index in [0.717, 1.165) is 10.9 Å². The minimum absolute atomic E-state index is 0.120. The Kier molecular flexibility index (Phi) is 4.87. The van der Waals surface area contributed by atoms with E-state index in [1.807, 2.05) is 31.2 Å². The Bertz CT molecular complexity index is 650. The summed E-state index contributed by atoms with van der Waals surface area (Å²) in [4.78, 5) is 27.0. The molecule has 2 rings (SSSR count). The SMILES string of the molecule is CC(CCC(=O)O)CNC(=O)c1ccnc2ccccc12. The number of amides is 1. The lowest BCUT2D eigenvalue weighted by Crippen LogP contribution is -2.28. The highest BCUT2D eigenvalue weighted by atomic mass is 16.4. The third-order valence-corrected chi connectivity index (χ3v) is 3.36. The normalized spacial score (nSPS) is 12.0. The van der Waals surface area contributed by atoms with Crippen LogP contribution in [0.25, 0.3) is 10.9 Å². The molecule has 1 amide bonds. The van der Waals surface area contributed by atoms with Crippen molar-refractivity contribution in [3.8, 4) is 0 Å². The van der Waals surface area contributed by atoms with Gasteiger partial charge in [-0.25, -0.2) is 0 Å². The summed E-state index contributed by atoms with van der Waals surface area (Å²) < 4.78 is 0. The van der Waals surface area contributed by atoms with E-state index in [4.69, 9.17) is 5.11 Å². The molecule has 0 saturated carbocycles. The minimum Gasteiger partial charge on any atom is -0.481 e. The van der Waals surface area contributed by atoms with Crippen molar-refractivity contribution >= 4 is 22.8 Å². The molecule has 110 valence electrons. The van der Waals surface area contributed by atoms with Gasteiger partial charge in [-0.2, -0.15) is 0 Å². The van der Waals surface area contributed by atoms with Crippen LogP contribution in [0.5, 0.6) is 0 Å². The van der Waals surface area contributed by atoms with Crippen molar-refractivity contribution < 1.29 is 14.7 Å². The highest BCUT2D eigenvalue weighted by Crippen LogP contribution is 2.16. The molecular formula is C16H18N2O3. The van der Waals surface area contributed by atoms with Crippen LogP contribution in [0.1, 0.15) is 30.1 Å². The fourth-order valence-corrected chi connectivity index (χ4v) is 2.13. The Hall–Kier alpha value is -2.43. The summed E-state index contributed by atoms with van der Waals surface area (Å²) in [6, 6.07) is 9.17. The van der Waals surface area contributed by atoms with Crippen LogP contribution in [0.3, 0.4) is 0 Å². The number of benzene rings is 1. The summed E-state index contributed by atoms with van der Waals surface area (Å²) in [5, 5.41) is 12.3. The Morgan fingerprint density at radius 2 is 2.05 bits per heavy atom. The zero-order valence-electron chi connectivity index (χ0n) is 11.9. The second-order valence-electron chi connectivity index (χ2n) is 5.12. The van der Waals surface area contributed by atoms with E-state index in [9.17, 15) is 9.59 Å². The number of nitrogens with zero attached hydrogens (tertiary/aromatic N) is 1. The number of aliphatic carboxylic acids is 1. The van der Waals surface area contributed by atoms with E-state index < -0.39 is 5.97 Å². The molecule has 1 aromatic carbocycles. The molecule has 1 unspecified atom stereocenters. The minimum atomic E-state index is -0.812. The van der Waals surface area contributed by atoms with Crippen LogP contribution in [-0.4, -0.2) is 28.5 Å². The monoisotopic (exact) mass is 286 g/mol. The average Bonchev–Trinajstić information content (AvgIpc) is 2.50. The number of pyridine rings is 1. The molecule has 5 nitrogen and oxygen atoms in total. The summed E-state index contributed by atoms with van der Waals surface area (Å²) in [7, 11) is 0. The summed E-state index contributed by atoms with van der Waals surface area (Å²) in [5.74, 6) is -0.845. The standard InChI is InChI=1S/C16H18N2O3/c1-11(6-7-15(19)20)10-18-16(21)13-8-9-17-14-5-3-2-4-12(13)14/h2-5,8-9,11H,6-7,10H2,1H3,(H,18,21)(H,19,20). The molecule has 0 aliphatic carbocycles. The molecule has 1 aromatic heterocycles. The van der Waals surface area contributed by atoms with E-state index in [-0.39, 0.29) is 18.2 Å². The summed E-state index contributed by atoms with van der Waals surface area (Å²) >= 11 is 0. The number of hydrogen-bond donors (Lipinski definition) is 2. The third kappa shape index (κ3) is 4.02. The lowest BCUT2D eigenvalue weighted by atomic mass is 10.0. The van der Waals surface area contributed by atoms with Crippen molar-refractivity contribution in [1.82, 2.24) is 10.3 Å². The molecule has 0 fully saturated rings. The number of rotatable bonds is 6. The predicted molar refractivity (Wildman–Crippen MR) is 80.1 cm³/mol. The van der Waals surface area contributed by atoms with Crippen LogP contribution in [0, 0.1) is 5.92 Å². The van der Waals surface area contributed by atoms with Crippen molar-refractivity contribution in [3.05, 3.63) is 42.1 Å². The fraction of sp³-hybridized carbons (Fsp3) is 0.312. The Morgan fingerprint density at radius 1 is 1.29 bits per heavy atom. The maximum atomic E-state index is 12.2. The van der Waals surface area contributed by atoms with Crippen molar-refractivity contribution in [2.75, 3.05) is 6.54 Å². The number of para-hydroxylation sites is 1. The van der Waals surface area contributed by atoms with Gasteiger partial charge < -0.3 is 10.4 Å². The molecule has 1 heterocycles. The number of carbonyl (C=O) groups is 2. The number of hydrogen-bond acceptors (Lipinski definition) is 3. The molecule has 0 bridgehead atoms. The van der Waals surface area contributed by atoms with Crippen LogP contribution in [0.2, 0.25) is 0 Å². The quantitative estimate of drug-likeness (QED) is 0.855. The highest BCUT2D eigenvalue weighted by Gasteiger charge is 2.12. The second-order valence-corrected chi connectivity index (χ2v) is 5.12. The van der Waals surface area contributed by atoms with Gasteiger partial charge in [0, 0.05) is 24.5 Å². The Labute approximate surface area is 123 Å². The van der Waals surface area contributed by atoms with Crippen molar-refractivity contribution in [3.63, 3.8) is 0 Å². The maximum absolute atomic E-state index is 12.2. The van der Waals surface area contributed by atoms with E-state index in [2.05, 4.69) is 10.3 Å². The van der Waals surface area contributed by atoms with Gasteiger partial charge in [-0.3, -0.25) is 14.6 Å². The van der Waals surface area contributed by atoms with E-state index >= 15 is 0 Å². The van der Waals surface area contributed by atoms with E-state index in [1.54, 1.807) is 12.3 Å². The van der Waals surface area contributed by atoms with Gasteiger partial charge in [-0.15, -0.1) is 0 Å². The third-order valence-electron chi connectivity index (χ3n) is 3.36. The topological polar surface area (TPSA) is 79.3 Å². The first-order valence-electron chi connectivity index (χ1n) is 6.91. The number of nitrogens with one attached hydrogen (secondary N) is 1. The lowest BCUT2D eigenvalue weighted by Gasteiger charge is -2.12. The van der Waals surface area contributed by atoms with Gasteiger partial charge in [-0.05, 0) is 24.5 Å². The van der Waals surface area contributed by atoms with Crippen LogP contribution < -0.4 is 5.32 Å². The van der Waals surface area contributed by atoms with Crippen molar-refractivity contribution in [2.24, 2.45) is 5.92 Å². The smallest absolute Gasteiger partial charge is 0.303 e. The number of carbonyl (C=O) groups excluding carboxylic acids is 1. The van der Waals surface area contributed by atoms with Gasteiger partial charge in [0.25, 0.3) is 5.91 Å². The van der Waals surface area contributed by atoms with Gasteiger partial charge in [0.05, 0.1) is 11.1 Å². The van der Waals surface area contributed by atoms with Gasteiger partial charge in [0.15, 0.2) is 0 Å². The molecule has 0 spiro atoms. The average molecular weight is 286 g/mol. The van der Waals surface area contributed by atoms with E-state index in [1.165, 1.54) is 0 Å². The number of carboxylic acid groups (broad SMARTS) is 1. The molecule has 0 aliphatic rings. The van der Waals surface area contributed by atoms with E-state index in [0.29, 0.717) is 18.5 Å². The van der Waals surface area contributed by atoms with Crippen LogP contribution in [0.4, 0.5) is 0 Å². The molecular weight excluding hydrogens is 268 g/mol. The zero-order valence-corrected chi connectivity index (χ0v) is 11.9. The van der Waals surface area contributed by atoms with Crippen molar-refractivity contribution in [1.29, 1.82) is 0 Å². The van der Waals surface area contributed by atoms with Gasteiger partial charge in [0.2, 0.25) is 0 Å². The zero-order chi connectivity index (χ0) is 15.2. The molecule has 5 heteroatoms. The predicted octanol–water partition coefficient (Wildman–Crippen LogP) is 2.47. The first-order valence-corrected chi connectivity index (χ1v) is 6.91. The Morgan fingerprint density at radius 3 is 2.81 bits per heavy atom. The van der Waals surface area contributed by atoms with Crippen LogP contribution in [-0.2, 0) is 4.79 Å².